The molecule has 0 heterocycles. The van der Waals surface area contributed by atoms with Crippen LogP contribution in [0, 0.1) is 5.82 Å². The maximum Gasteiger partial charge on any atom is 0.136 e. The molecule has 11 heavy (non-hydrogen) atoms. The molecular formula is C8H7FOS. The first-order valence-corrected chi connectivity index (χ1v) is 4.14. The van der Waals surface area contributed by atoms with Crippen molar-refractivity contribution in [2.75, 3.05) is 5.75 Å². The van der Waals surface area contributed by atoms with Crippen molar-refractivity contribution >= 4 is 18.0 Å². The maximum absolute atomic E-state index is 12.8. The van der Waals surface area contributed by atoms with E-state index in [-0.39, 0.29) is 5.82 Å². The number of carbonyl (C=O) groups is 1. The Balaban J connectivity index is 2.69. The largest absolute Gasteiger partial charge is 0.302 e. The first-order valence-electron chi connectivity index (χ1n) is 3.15. The van der Waals surface area contributed by atoms with E-state index in [2.05, 4.69) is 0 Å². The summed E-state index contributed by atoms with van der Waals surface area (Å²) in [6.07, 6.45) is 0.761. The maximum atomic E-state index is 12.8. The van der Waals surface area contributed by atoms with Crippen LogP contribution in [0.15, 0.2) is 29.2 Å². The molecule has 1 aromatic carbocycles. The van der Waals surface area contributed by atoms with Gasteiger partial charge in [0.1, 0.15) is 12.1 Å². The summed E-state index contributed by atoms with van der Waals surface area (Å²) in [6.45, 7) is 0. The highest BCUT2D eigenvalue weighted by molar-refractivity contribution is 7.99. The second-order valence-electron chi connectivity index (χ2n) is 1.91. The van der Waals surface area contributed by atoms with Crippen LogP contribution in [-0.2, 0) is 4.79 Å². The number of rotatable bonds is 3. The van der Waals surface area contributed by atoms with Crippen LogP contribution in [-0.4, -0.2) is 12.0 Å². The molecule has 0 amide bonds. The molecular weight excluding hydrogens is 163 g/mol. The van der Waals surface area contributed by atoms with E-state index in [9.17, 15) is 9.18 Å². The van der Waals surface area contributed by atoms with Gasteiger partial charge in [-0.05, 0) is 12.1 Å². The molecule has 58 valence electrons. The van der Waals surface area contributed by atoms with E-state index in [0.717, 1.165) is 6.29 Å². The van der Waals surface area contributed by atoms with E-state index < -0.39 is 0 Å². The third kappa shape index (κ3) is 2.35. The lowest BCUT2D eigenvalue weighted by Crippen LogP contribution is -1.82. The van der Waals surface area contributed by atoms with E-state index in [4.69, 9.17) is 0 Å². The second kappa shape index (κ2) is 4.13. The van der Waals surface area contributed by atoms with Crippen molar-refractivity contribution in [3.63, 3.8) is 0 Å². The fourth-order valence-corrected chi connectivity index (χ4v) is 1.31. The first kappa shape index (κ1) is 8.27. The zero-order valence-corrected chi connectivity index (χ0v) is 6.60. The summed E-state index contributed by atoms with van der Waals surface area (Å²) in [5.74, 6) is 0.0420. The molecule has 0 aliphatic rings. The van der Waals surface area contributed by atoms with Crippen LogP contribution >= 0.6 is 11.8 Å². The van der Waals surface area contributed by atoms with Gasteiger partial charge in [-0.25, -0.2) is 4.39 Å². The van der Waals surface area contributed by atoms with Gasteiger partial charge in [0.2, 0.25) is 0 Å². The Morgan fingerprint density at radius 2 is 2.18 bits per heavy atom. The number of halogens is 1. The van der Waals surface area contributed by atoms with Crippen molar-refractivity contribution < 1.29 is 9.18 Å². The minimum Gasteiger partial charge on any atom is -0.302 e. The van der Waals surface area contributed by atoms with Crippen LogP contribution in [0.25, 0.3) is 0 Å². The average molecular weight is 170 g/mol. The van der Waals surface area contributed by atoms with Gasteiger partial charge in [-0.2, -0.15) is 0 Å². The highest BCUT2D eigenvalue weighted by Crippen LogP contribution is 2.19. The molecule has 0 spiro atoms. The predicted octanol–water partition coefficient (Wildman–Crippen LogP) is 2.12. The lowest BCUT2D eigenvalue weighted by Gasteiger charge is -1.96. The van der Waals surface area contributed by atoms with E-state index in [1.807, 2.05) is 0 Å². The minimum atomic E-state index is -0.264. The van der Waals surface area contributed by atoms with E-state index in [0.29, 0.717) is 10.6 Å². The molecule has 0 radical (unpaired) electrons. The monoisotopic (exact) mass is 170 g/mol. The van der Waals surface area contributed by atoms with Gasteiger partial charge in [0.05, 0.1) is 5.75 Å². The van der Waals surface area contributed by atoms with Gasteiger partial charge in [-0.1, -0.05) is 12.1 Å². The SMILES string of the molecule is O=CCSc1ccccc1F. The van der Waals surface area contributed by atoms with Gasteiger partial charge in [-0.15, -0.1) is 11.8 Å². The zero-order valence-electron chi connectivity index (χ0n) is 5.79. The van der Waals surface area contributed by atoms with Crippen LogP contribution < -0.4 is 0 Å². The smallest absolute Gasteiger partial charge is 0.136 e. The lowest BCUT2D eigenvalue weighted by molar-refractivity contribution is -0.105. The Labute approximate surface area is 68.6 Å². The quantitative estimate of drug-likeness (QED) is 0.510. The van der Waals surface area contributed by atoms with Crippen molar-refractivity contribution in [2.45, 2.75) is 4.90 Å². The molecule has 0 saturated carbocycles. The lowest BCUT2D eigenvalue weighted by atomic mass is 10.3. The fraction of sp³-hybridized carbons (Fsp3) is 0.125. The third-order valence-electron chi connectivity index (χ3n) is 1.14. The molecule has 1 rings (SSSR count). The van der Waals surface area contributed by atoms with Gasteiger partial charge in [0.15, 0.2) is 0 Å². The van der Waals surface area contributed by atoms with Crippen LogP contribution in [0.1, 0.15) is 0 Å². The third-order valence-corrected chi connectivity index (χ3v) is 2.09. The number of carbonyl (C=O) groups excluding carboxylic acids is 1. The average Bonchev–Trinajstić information content (AvgIpc) is 2.03. The predicted molar refractivity (Wildman–Crippen MR) is 43.2 cm³/mol. The molecule has 0 unspecified atom stereocenters. The van der Waals surface area contributed by atoms with Gasteiger partial charge in [0.25, 0.3) is 0 Å². The number of aldehydes is 1. The Bertz CT molecular complexity index is 250. The molecule has 0 bridgehead atoms. The summed E-state index contributed by atoms with van der Waals surface area (Å²) >= 11 is 1.20. The Hall–Kier alpha value is -0.830. The van der Waals surface area contributed by atoms with Gasteiger partial charge >= 0.3 is 0 Å². The summed E-state index contributed by atoms with van der Waals surface area (Å²) in [6, 6.07) is 6.41. The van der Waals surface area contributed by atoms with Gasteiger partial charge in [-0.3, -0.25) is 0 Å². The number of hydrogen-bond acceptors (Lipinski definition) is 2. The molecule has 1 aromatic rings. The van der Waals surface area contributed by atoms with Crippen molar-refractivity contribution in [1.82, 2.24) is 0 Å². The van der Waals surface area contributed by atoms with E-state index >= 15 is 0 Å². The van der Waals surface area contributed by atoms with E-state index in [1.54, 1.807) is 18.2 Å². The number of hydrogen-bond donors (Lipinski definition) is 0. The van der Waals surface area contributed by atoms with Crippen LogP contribution in [0.3, 0.4) is 0 Å². The standard InChI is InChI=1S/C8H7FOS/c9-7-3-1-2-4-8(7)11-6-5-10/h1-5H,6H2. The minimum absolute atomic E-state index is 0.264. The molecule has 0 saturated heterocycles. The van der Waals surface area contributed by atoms with E-state index in [1.165, 1.54) is 17.8 Å². The molecule has 0 fully saturated rings. The molecule has 3 heteroatoms. The van der Waals surface area contributed by atoms with Crippen LogP contribution in [0.5, 0.6) is 0 Å². The Kier molecular flexibility index (Phi) is 3.11. The van der Waals surface area contributed by atoms with Gasteiger partial charge < -0.3 is 4.79 Å². The first-order chi connectivity index (χ1) is 5.34. The second-order valence-corrected chi connectivity index (χ2v) is 2.97. The van der Waals surface area contributed by atoms with Crippen molar-refractivity contribution in [2.24, 2.45) is 0 Å². The summed E-state index contributed by atoms with van der Waals surface area (Å²) < 4.78 is 12.8. The highest BCUT2D eigenvalue weighted by Gasteiger charge is 1.98. The normalized spacial score (nSPS) is 9.55. The van der Waals surface area contributed by atoms with Crippen molar-refractivity contribution in [1.29, 1.82) is 0 Å². The number of benzene rings is 1. The van der Waals surface area contributed by atoms with Crippen LogP contribution in [0.2, 0.25) is 0 Å². The Morgan fingerprint density at radius 3 is 2.82 bits per heavy atom. The molecule has 0 N–H and O–H groups in total. The molecule has 1 nitrogen and oxygen atoms in total. The topological polar surface area (TPSA) is 17.1 Å². The van der Waals surface area contributed by atoms with Crippen LogP contribution in [0.4, 0.5) is 4.39 Å². The molecule has 0 aliphatic carbocycles. The molecule has 0 atom stereocenters. The molecule has 0 aromatic heterocycles. The fourth-order valence-electron chi connectivity index (χ4n) is 0.686. The summed E-state index contributed by atoms with van der Waals surface area (Å²) in [4.78, 5) is 10.5. The van der Waals surface area contributed by atoms with Gasteiger partial charge in [0, 0.05) is 4.90 Å². The number of thioether (sulfide) groups is 1. The summed E-state index contributed by atoms with van der Waals surface area (Å²) in [7, 11) is 0. The zero-order chi connectivity index (χ0) is 8.10. The summed E-state index contributed by atoms with van der Waals surface area (Å²) in [5, 5.41) is 0. The molecule has 0 aliphatic heterocycles. The van der Waals surface area contributed by atoms with Crippen molar-refractivity contribution in [3.05, 3.63) is 30.1 Å². The highest BCUT2D eigenvalue weighted by atomic mass is 32.2. The summed E-state index contributed by atoms with van der Waals surface area (Å²) in [5.41, 5.74) is 0. The van der Waals surface area contributed by atoms with Crippen molar-refractivity contribution in [3.8, 4) is 0 Å². The Morgan fingerprint density at radius 1 is 1.45 bits per heavy atom.